The van der Waals surface area contributed by atoms with Crippen molar-refractivity contribution in [3.8, 4) is 5.82 Å². The number of methoxy groups -OCH3 is 1. The largest absolute Gasteiger partial charge is 0.378 e. The van der Waals surface area contributed by atoms with Crippen molar-refractivity contribution in [2.24, 2.45) is 0 Å². The minimum Gasteiger partial charge on any atom is -0.378 e. The maximum absolute atomic E-state index is 12.6. The van der Waals surface area contributed by atoms with Gasteiger partial charge >= 0.3 is 4.87 Å². The second kappa shape index (κ2) is 10.5. The van der Waals surface area contributed by atoms with Crippen LogP contribution in [0.1, 0.15) is 24.1 Å². The molecule has 0 amide bonds. The Balaban J connectivity index is 1.27. The summed E-state index contributed by atoms with van der Waals surface area (Å²) in [6, 6.07) is 13.4. The van der Waals surface area contributed by atoms with Crippen LogP contribution in [0.4, 0.5) is 5.69 Å². The molecule has 0 spiro atoms. The monoisotopic (exact) mass is 537 g/mol. The van der Waals surface area contributed by atoms with Crippen molar-refractivity contribution < 1.29 is 9.47 Å². The van der Waals surface area contributed by atoms with Gasteiger partial charge in [0.1, 0.15) is 6.73 Å². The molecule has 0 N–H and O–H groups in total. The number of fused-ring (bicyclic) bond motifs is 1. The molecule has 197 valence electrons. The van der Waals surface area contributed by atoms with E-state index in [4.69, 9.17) is 14.6 Å². The van der Waals surface area contributed by atoms with E-state index in [0.717, 1.165) is 52.1 Å². The summed E-state index contributed by atoms with van der Waals surface area (Å²) < 4.78 is 15.7. The maximum atomic E-state index is 12.6. The molecule has 0 radical (unpaired) electrons. The Hall–Kier alpha value is -2.79. The molecule has 37 heavy (non-hydrogen) atoms. The molecule has 4 heterocycles. The van der Waals surface area contributed by atoms with Crippen molar-refractivity contribution in [1.29, 1.82) is 0 Å². The second-order valence-corrected chi connectivity index (χ2v) is 17.5. The number of nitrogens with zero attached hydrogens (tertiary/aromatic N) is 5. The van der Waals surface area contributed by atoms with Crippen LogP contribution < -0.4 is 9.77 Å². The molecule has 5 rings (SSSR count). The van der Waals surface area contributed by atoms with Crippen LogP contribution in [-0.2, 0) is 16.2 Å². The third kappa shape index (κ3) is 5.72. The van der Waals surface area contributed by atoms with Gasteiger partial charge < -0.3 is 14.4 Å². The first-order valence-electron chi connectivity index (χ1n) is 12.7. The van der Waals surface area contributed by atoms with E-state index in [1.807, 2.05) is 35.3 Å². The normalized spacial score (nSPS) is 15.3. The average Bonchev–Trinajstić information content (AvgIpc) is 3.45. The number of pyridine rings is 1. The summed E-state index contributed by atoms with van der Waals surface area (Å²) in [6.45, 7) is 11.9. The van der Waals surface area contributed by atoms with Crippen LogP contribution in [0.2, 0.25) is 25.7 Å². The van der Waals surface area contributed by atoms with E-state index in [1.165, 1.54) is 11.3 Å². The highest BCUT2D eigenvalue weighted by Crippen LogP contribution is 2.28. The lowest BCUT2D eigenvalue weighted by Gasteiger charge is -2.39. The van der Waals surface area contributed by atoms with Gasteiger partial charge in [0.25, 0.3) is 0 Å². The number of ether oxygens (including phenoxy) is 2. The second-order valence-electron chi connectivity index (χ2n) is 10.9. The Morgan fingerprint density at radius 1 is 1.16 bits per heavy atom. The standard InChI is InChI=1S/C27H35N5O3SSi/c1-19(20-6-8-24-25(14-20)36-27(33)31(24)18-35-12-13-37(3,4)5)23-10-11-32(29-23)26-9-7-21(15-28-26)30-16-22(17-30)34-2/h6-11,14-15,19,22H,12-13,16-18H2,1-5H3/q-1. The topological polar surface area (TPSA) is 74.4 Å². The summed E-state index contributed by atoms with van der Waals surface area (Å²) in [5.74, 6) is 0.863. The van der Waals surface area contributed by atoms with Crippen LogP contribution >= 0.6 is 11.3 Å². The van der Waals surface area contributed by atoms with E-state index in [1.54, 1.807) is 11.7 Å². The van der Waals surface area contributed by atoms with Gasteiger partial charge in [-0.25, -0.2) is 9.67 Å². The number of aromatic nitrogens is 4. The van der Waals surface area contributed by atoms with Crippen molar-refractivity contribution in [3.63, 3.8) is 0 Å². The van der Waals surface area contributed by atoms with E-state index >= 15 is 0 Å². The molecule has 1 aliphatic rings. The molecule has 10 heteroatoms. The van der Waals surface area contributed by atoms with Crippen molar-refractivity contribution in [3.05, 3.63) is 69.7 Å². The van der Waals surface area contributed by atoms with Crippen LogP contribution in [-0.4, -0.2) is 60.3 Å². The number of hydrogen-bond donors (Lipinski definition) is 0. The number of hydrogen-bond acceptors (Lipinski definition) is 7. The zero-order valence-electron chi connectivity index (χ0n) is 22.2. The van der Waals surface area contributed by atoms with Gasteiger partial charge in [-0.1, -0.05) is 24.3 Å². The van der Waals surface area contributed by atoms with Crippen LogP contribution in [0.15, 0.2) is 53.6 Å². The Morgan fingerprint density at radius 2 is 1.97 bits per heavy atom. The molecule has 1 unspecified atom stereocenters. The number of benzene rings is 1. The smallest absolute Gasteiger partial charge is 0.310 e. The van der Waals surface area contributed by atoms with Crippen LogP contribution in [0.3, 0.4) is 0 Å². The highest BCUT2D eigenvalue weighted by Gasteiger charge is 2.26. The Morgan fingerprint density at radius 3 is 2.68 bits per heavy atom. The first-order chi connectivity index (χ1) is 17.7. The zero-order valence-corrected chi connectivity index (χ0v) is 24.0. The van der Waals surface area contributed by atoms with Gasteiger partial charge in [-0.15, -0.1) is 14.1 Å². The molecular formula is C27H35N5O3SSi-. The molecule has 0 aliphatic carbocycles. The van der Waals surface area contributed by atoms with Gasteiger partial charge in [0, 0.05) is 38.9 Å². The summed E-state index contributed by atoms with van der Waals surface area (Å²) in [5.41, 5.74) is 4.10. The van der Waals surface area contributed by atoms with E-state index in [0.29, 0.717) is 19.4 Å². The first kappa shape index (κ1) is 25.8. The van der Waals surface area contributed by atoms with Crippen molar-refractivity contribution in [2.75, 3.05) is 31.7 Å². The van der Waals surface area contributed by atoms with Crippen molar-refractivity contribution >= 4 is 35.3 Å². The minimum atomic E-state index is -1.16. The fraction of sp³-hybridized carbons (Fsp3) is 0.444. The molecule has 0 saturated carbocycles. The van der Waals surface area contributed by atoms with Crippen LogP contribution in [0.5, 0.6) is 0 Å². The number of thiazole rings is 1. The molecule has 1 aromatic carbocycles. The van der Waals surface area contributed by atoms with Crippen molar-refractivity contribution in [1.82, 2.24) is 19.3 Å². The lowest BCUT2D eigenvalue weighted by Crippen LogP contribution is -2.51. The fourth-order valence-electron chi connectivity index (χ4n) is 4.37. The molecule has 8 nitrogen and oxygen atoms in total. The highest BCUT2D eigenvalue weighted by atomic mass is 32.1. The lowest BCUT2D eigenvalue weighted by atomic mass is 9.98. The first-order valence-corrected chi connectivity index (χ1v) is 17.2. The molecule has 1 saturated heterocycles. The van der Waals surface area contributed by atoms with Gasteiger partial charge in [0.2, 0.25) is 0 Å². The summed E-state index contributed by atoms with van der Waals surface area (Å²) >= 11 is 1.27. The minimum absolute atomic E-state index is 0.0163. The van der Waals surface area contributed by atoms with Gasteiger partial charge in [-0.05, 0) is 35.9 Å². The van der Waals surface area contributed by atoms with Crippen LogP contribution in [0.25, 0.3) is 16.0 Å². The third-order valence-corrected chi connectivity index (χ3v) is 9.62. The average molecular weight is 538 g/mol. The Bertz CT molecular complexity index is 1420. The summed E-state index contributed by atoms with van der Waals surface area (Å²) in [4.78, 5) is 19.5. The SMILES string of the molecule is COC1CN(c2ccc(-n3ccc(C(C)c4ccc5c(c4)sc(=O)n5COCC[Si-](C)(C)C)n3)nc2)C1. The lowest BCUT2D eigenvalue weighted by molar-refractivity contribution is 0.0787. The summed E-state index contributed by atoms with van der Waals surface area (Å²) in [7, 11) is 0.595. The van der Waals surface area contributed by atoms with Crippen molar-refractivity contribution in [2.45, 2.75) is 51.4 Å². The molecule has 1 atom stereocenters. The van der Waals surface area contributed by atoms with Gasteiger partial charge in [-0.3, -0.25) is 9.36 Å². The van der Waals surface area contributed by atoms with E-state index < -0.39 is 8.07 Å². The van der Waals surface area contributed by atoms with Gasteiger partial charge in [0.15, 0.2) is 5.82 Å². The quantitative estimate of drug-likeness (QED) is 0.211. The number of rotatable bonds is 10. The molecule has 1 fully saturated rings. The van der Waals surface area contributed by atoms with E-state index in [9.17, 15) is 4.79 Å². The van der Waals surface area contributed by atoms with Gasteiger partial charge in [0.05, 0.1) is 33.9 Å². The molecule has 1 aliphatic heterocycles. The summed E-state index contributed by atoms with van der Waals surface area (Å²) in [5, 5.41) is 4.80. The third-order valence-electron chi connectivity index (χ3n) is 6.98. The summed E-state index contributed by atoms with van der Waals surface area (Å²) in [6.07, 6.45) is 4.15. The maximum Gasteiger partial charge on any atom is 0.310 e. The van der Waals surface area contributed by atoms with Crippen LogP contribution in [0, 0.1) is 0 Å². The number of anilines is 1. The highest BCUT2D eigenvalue weighted by molar-refractivity contribution is 7.16. The van der Waals surface area contributed by atoms with E-state index in [2.05, 4.69) is 54.6 Å². The van der Waals surface area contributed by atoms with E-state index in [-0.39, 0.29) is 10.8 Å². The predicted octanol–water partition coefficient (Wildman–Crippen LogP) is 4.94. The Kier molecular flexibility index (Phi) is 7.35. The Labute approximate surface area is 222 Å². The van der Waals surface area contributed by atoms with Gasteiger partial charge in [-0.2, -0.15) is 24.7 Å². The molecule has 4 aromatic rings. The molecular weight excluding hydrogens is 502 g/mol. The molecule has 0 bridgehead atoms. The fourth-order valence-corrected chi connectivity index (χ4v) is 6.06. The zero-order chi connectivity index (χ0) is 26.2. The predicted molar refractivity (Wildman–Crippen MR) is 152 cm³/mol. The molecule has 3 aromatic heterocycles.